The third-order valence-electron chi connectivity index (χ3n) is 5.76. The van der Waals surface area contributed by atoms with E-state index in [2.05, 4.69) is 34.2 Å². The summed E-state index contributed by atoms with van der Waals surface area (Å²) < 4.78 is 13.4. The fourth-order valence-electron chi connectivity index (χ4n) is 4.43. The van der Waals surface area contributed by atoms with E-state index in [-0.39, 0.29) is 18.2 Å². The maximum atomic E-state index is 13.4. The first-order valence-corrected chi connectivity index (χ1v) is 9.65. The van der Waals surface area contributed by atoms with Gasteiger partial charge in [-0.15, -0.1) is 0 Å². The molecule has 1 aliphatic carbocycles. The summed E-state index contributed by atoms with van der Waals surface area (Å²) in [5.74, 6) is -1.20. The zero-order valence-electron chi connectivity index (χ0n) is 15.6. The van der Waals surface area contributed by atoms with Crippen LogP contribution in [0.2, 0.25) is 0 Å². The molecular formula is C24H19FN2O2. The number of rotatable bonds is 5. The summed E-state index contributed by atoms with van der Waals surface area (Å²) in [7, 11) is 0. The highest BCUT2D eigenvalue weighted by Crippen LogP contribution is 2.47. The maximum Gasteiger partial charge on any atom is 0.306 e. The molecule has 0 saturated carbocycles. The van der Waals surface area contributed by atoms with Crippen LogP contribution in [0, 0.1) is 11.7 Å². The molecule has 0 saturated heterocycles. The SMILES string of the molecule is O=C(O)[C@@H](Cc1nc2ccc(F)cc2[nH]1)CC1c2ccccc2-c2ccccc21. The lowest BCUT2D eigenvalue weighted by Gasteiger charge is -2.18. The van der Waals surface area contributed by atoms with E-state index < -0.39 is 11.9 Å². The second-order valence-corrected chi connectivity index (χ2v) is 7.55. The zero-order chi connectivity index (χ0) is 20.0. The summed E-state index contributed by atoms with van der Waals surface area (Å²) in [6.45, 7) is 0. The van der Waals surface area contributed by atoms with Crippen LogP contribution in [0.15, 0.2) is 66.7 Å². The van der Waals surface area contributed by atoms with Crippen molar-refractivity contribution in [3.63, 3.8) is 0 Å². The minimum Gasteiger partial charge on any atom is -0.481 e. The number of aliphatic carboxylic acids is 1. The molecule has 5 heteroatoms. The van der Waals surface area contributed by atoms with Crippen LogP contribution >= 0.6 is 0 Å². The number of hydrogen-bond donors (Lipinski definition) is 2. The molecule has 5 rings (SSSR count). The molecule has 2 N–H and O–H groups in total. The van der Waals surface area contributed by atoms with Crippen molar-refractivity contribution in [3.8, 4) is 11.1 Å². The van der Waals surface area contributed by atoms with Gasteiger partial charge in [0.1, 0.15) is 11.6 Å². The molecular weight excluding hydrogens is 367 g/mol. The summed E-state index contributed by atoms with van der Waals surface area (Å²) in [6.07, 6.45) is 0.751. The van der Waals surface area contributed by atoms with E-state index in [9.17, 15) is 14.3 Å². The van der Waals surface area contributed by atoms with Crippen molar-refractivity contribution in [2.24, 2.45) is 5.92 Å². The highest BCUT2D eigenvalue weighted by atomic mass is 19.1. The fourth-order valence-corrected chi connectivity index (χ4v) is 4.43. The maximum absolute atomic E-state index is 13.4. The van der Waals surface area contributed by atoms with Crippen molar-refractivity contribution < 1.29 is 14.3 Å². The Labute approximate surface area is 167 Å². The van der Waals surface area contributed by atoms with Crippen LogP contribution in [-0.2, 0) is 11.2 Å². The molecule has 3 aromatic carbocycles. The number of H-pyrrole nitrogens is 1. The molecule has 1 atom stereocenters. The topological polar surface area (TPSA) is 66.0 Å². The van der Waals surface area contributed by atoms with Crippen LogP contribution < -0.4 is 0 Å². The molecule has 0 spiro atoms. The van der Waals surface area contributed by atoms with E-state index in [0.29, 0.717) is 23.3 Å². The quantitative estimate of drug-likeness (QED) is 0.499. The smallest absolute Gasteiger partial charge is 0.306 e. The Morgan fingerprint density at radius 2 is 1.69 bits per heavy atom. The van der Waals surface area contributed by atoms with Gasteiger partial charge in [-0.1, -0.05) is 48.5 Å². The monoisotopic (exact) mass is 386 g/mol. The molecule has 1 aromatic heterocycles. The summed E-state index contributed by atoms with van der Waals surface area (Å²) in [6, 6.07) is 20.7. The minimum absolute atomic E-state index is 0.0327. The van der Waals surface area contributed by atoms with Gasteiger partial charge in [0.25, 0.3) is 0 Å². The lowest BCUT2D eigenvalue weighted by Crippen LogP contribution is -2.20. The molecule has 0 amide bonds. The van der Waals surface area contributed by atoms with Gasteiger partial charge in [-0.05, 0) is 46.9 Å². The Hall–Kier alpha value is -3.47. The molecule has 144 valence electrons. The second-order valence-electron chi connectivity index (χ2n) is 7.55. The van der Waals surface area contributed by atoms with Gasteiger partial charge in [-0.3, -0.25) is 4.79 Å². The van der Waals surface area contributed by atoms with Gasteiger partial charge in [-0.25, -0.2) is 9.37 Å². The Morgan fingerprint density at radius 1 is 1.03 bits per heavy atom. The first-order valence-electron chi connectivity index (χ1n) is 9.65. The van der Waals surface area contributed by atoms with E-state index >= 15 is 0 Å². The zero-order valence-corrected chi connectivity index (χ0v) is 15.6. The third kappa shape index (κ3) is 3.09. The van der Waals surface area contributed by atoms with Gasteiger partial charge in [0.15, 0.2) is 0 Å². The van der Waals surface area contributed by atoms with Crippen molar-refractivity contribution in [3.05, 3.63) is 89.5 Å². The molecule has 1 aliphatic rings. The minimum atomic E-state index is -0.849. The molecule has 0 radical (unpaired) electrons. The van der Waals surface area contributed by atoms with Crippen molar-refractivity contribution in [1.82, 2.24) is 9.97 Å². The molecule has 0 fully saturated rings. The highest BCUT2D eigenvalue weighted by Gasteiger charge is 2.32. The summed E-state index contributed by atoms with van der Waals surface area (Å²) in [4.78, 5) is 19.6. The molecule has 29 heavy (non-hydrogen) atoms. The number of carboxylic acid groups (broad SMARTS) is 1. The van der Waals surface area contributed by atoms with Crippen LogP contribution in [-0.4, -0.2) is 21.0 Å². The van der Waals surface area contributed by atoms with Crippen molar-refractivity contribution in [2.75, 3.05) is 0 Å². The lowest BCUT2D eigenvalue weighted by molar-refractivity contribution is -0.142. The molecule has 0 bridgehead atoms. The third-order valence-corrected chi connectivity index (χ3v) is 5.76. The summed E-state index contributed by atoms with van der Waals surface area (Å²) in [5, 5.41) is 9.91. The number of nitrogens with one attached hydrogen (secondary N) is 1. The largest absolute Gasteiger partial charge is 0.481 e. The number of fused-ring (bicyclic) bond motifs is 4. The van der Waals surface area contributed by atoms with Crippen LogP contribution in [0.25, 0.3) is 22.2 Å². The number of carbonyl (C=O) groups is 1. The number of nitrogens with zero attached hydrogens (tertiary/aromatic N) is 1. The number of carboxylic acids is 1. The lowest BCUT2D eigenvalue weighted by atomic mass is 9.85. The van der Waals surface area contributed by atoms with E-state index in [4.69, 9.17) is 0 Å². The molecule has 4 nitrogen and oxygen atoms in total. The van der Waals surface area contributed by atoms with Gasteiger partial charge in [0.05, 0.1) is 17.0 Å². The fraction of sp³-hybridized carbons (Fsp3) is 0.167. The Kier molecular flexibility index (Phi) is 4.16. The van der Waals surface area contributed by atoms with Crippen LogP contribution in [0.1, 0.15) is 29.3 Å². The van der Waals surface area contributed by atoms with Crippen LogP contribution in [0.4, 0.5) is 4.39 Å². The average molecular weight is 386 g/mol. The van der Waals surface area contributed by atoms with Crippen LogP contribution in [0.3, 0.4) is 0 Å². The summed E-state index contributed by atoms with van der Waals surface area (Å²) in [5.41, 5.74) is 5.92. The number of benzene rings is 3. The Bertz CT molecular complexity index is 1190. The second kappa shape index (κ2) is 6.85. The van der Waals surface area contributed by atoms with Crippen molar-refractivity contribution in [2.45, 2.75) is 18.8 Å². The van der Waals surface area contributed by atoms with E-state index in [1.807, 2.05) is 24.3 Å². The van der Waals surface area contributed by atoms with Crippen molar-refractivity contribution >= 4 is 17.0 Å². The number of aromatic nitrogens is 2. The normalized spacial score (nSPS) is 14.0. The Morgan fingerprint density at radius 3 is 2.34 bits per heavy atom. The predicted octanol–water partition coefficient (Wildman–Crippen LogP) is 5.15. The highest BCUT2D eigenvalue weighted by molar-refractivity contribution is 5.80. The van der Waals surface area contributed by atoms with E-state index in [1.165, 1.54) is 34.4 Å². The first kappa shape index (κ1) is 17.6. The predicted molar refractivity (Wildman–Crippen MR) is 109 cm³/mol. The van der Waals surface area contributed by atoms with E-state index in [0.717, 1.165) is 0 Å². The molecule has 1 heterocycles. The molecule has 0 aliphatic heterocycles. The Balaban J connectivity index is 1.47. The van der Waals surface area contributed by atoms with Gasteiger partial charge >= 0.3 is 5.97 Å². The van der Waals surface area contributed by atoms with Gasteiger partial charge in [0, 0.05) is 12.3 Å². The number of halogens is 1. The van der Waals surface area contributed by atoms with Gasteiger partial charge in [-0.2, -0.15) is 0 Å². The number of imidazole rings is 1. The van der Waals surface area contributed by atoms with E-state index in [1.54, 1.807) is 6.07 Å². The molecule has 0 unspecified atom stereocenters. The summed E-state index contributed by atoms with van der Waals surface area (Å²) >= 11 is 0. The average Bonchev–Trinajstić information content (AvgIpc) is 3.26. The standard InChI is InChI=1S/C24H19FN2O2/c25-15-9-10-21-22(13-15)27-23(26-21)12-14(24(28)29)11-20-18-7-3-1-5-16(18)17-6-2-4-8-19(17)20/h1-10,13-14,20H,11-12H2,(H,26,27)(H,28,29)/t14-/m1/s1. The number of hydrogen-bond acceptors (Lipinski definition) is 2. The van der Waals surface area contributed by atoms with Crippen LogP contribution in [0.5, 0.6) is 0 Å². The first-order chi connectivity index (χ1) is 14.1. The van der Waals surface area contributed by atoms with Gasteiger partial charge in [0.2, 0.25) is 0 Å². The molecule has 4 aromatic rings. The van der Waals surface area contributed by atoms with Gasteiger partial charge < -0.3 is 10.1 Å². The van der Waals surface area contributed by atoms with Crippen molar-refractivity contribution in [1.29, 1.82) is 0 Å². The number of aromatic amines is 1.